The zero-order chi connectivity index (χ0) is 6.85. The first kappa shape index (κ1) is 10.3. The summed E-state index contributed by atoms with van der Waals surface area (Å²) in [5.41, 5.74) is 4.04. The molecule has 1 aromatic rings. The summed E-state index contributed by atoms with van der Waals surface area (Å²) < 4.78 is 0. The van der Waals surface area contributed by atoms with Gasteiger partial charge < -0.3 is 0 Å². The first-order valence-corrected chi connectivity index (χ1v) is 3.15. The van der Waals surface area contributed by atoms with Crippen LogP contribution in [0.1, 0.15) is 16.7 Å². The summed E-state index contributed by atoms with van der Waals surface area (Å²) in [5.74, 6) is 0. The minimum absolute atomic E-state index is 0. The van der Waals surface area contributed by atoms with Crippen molar-refractivity contribution in [3.8, 4) is 0 Å². The van der Waals surface area contributed by atoms with E-state index in [1.54, 1.807) is 0 Å². The Morgan fingerprint density at radius 3 is 1.70 bits per heavy atom. The Labute approximate surface area is 87.9 Å². The number of hydrogen-bond donors (Lipinski definition) is 0. The Balaban J connectivity index is 0.000000810. The van der Waals surface area contributed by atoms with Crippen LogP contribution in [0.3, 0.4) is 0 Å². The van der Waals surface area contributed by atoms with Crippen molar-refractivity contribution in [2.45, 2.75) is 20.8 Å². The SMILES string of the molecule is Cc1c[c-]cc(C)c1C.[Y+3]. The molecule has 0 aliphatic heterocycles. The topological polar surface area (TPSA) is 0 Å². The molecule has 0 amide bonds. The van der Waals surface area contributed by atoms with Crippen LogP contribution in [-0.4, -0.2) is 0 Å². The van der Waals surface area contributed by atoms with E-state index in [0.717, 1.165) is 0 Å². The van der Waals surface area contributed by atoms with E-state index in [1.807, 2.05) is 12.1 Å². The molecule has 0 bridgehead atoms. The van der Waals surface area contributed by atoms with Gasteiger partial charge in [-0.15, -0.1) is 0 Å². The third-order valence-electron chi connectivity index (χ3n) is 1.78. The van der Waals surface area contributed by atoms with Crippen molar-refractivity contribution in [2.75, 3.05) is 0 Å². The molecule has 0 N–H and O–H groups in total. The molecule has 0 radical (unpaired) electrons. The standard InChI is InChI=1S/C9H11.Y/c1-7-5-4-6-8(2)9(7)3;/h5-6H,1-3H3;/q-1;+3. The minimum atomic E-state index is 0. The van der Waals surface area contributed by atoms with Crippen LogP contribution in [0.5, 0.6) is 0 Å². The van der Waals surface area contributed by atoms with Crippen molar-refractivity contribution in [3.63, 3.8) is 0 Å². The molecule has 1 aromatic carbocycles. The Morgan fingerprint density at radius 1 is 1.00 bits per heavy atom. The maximum atomic E-state index is 3.07. The Kier molecular flexibility index (Phi) is 4.39. The van der Waals surface area contributed by atoms with Gasteiger partial charge >= 0.3 is 32.7 Å². The Morgan fingerprint density at radius 2 is 1.40 bits per heavy atom. The molecule has 10 heavy (non-hydrogen) atoms. The zero-order valence-corrected chi connectivity index (χ0v) is 9.57. The van der Waals surface area contributed by atoms with Crippen molar-refractivity contribution in [2.24, 2.45) is 0 Å². The summed E-state index contributed by atoms with van der Waals surface area (Å²) in [6.07, 6.45) is 0. The predicted octanol–water partition coefficient (Wildman–Crippen LogP) is 2.41. The molecule has 0 atom stereocenters. The first-order chi connectivity index (χ1) is 4.22. The molecule has 0 nitrogen and oxygen atoms in total. The second-order valence-electron chi connectivity index (χ2n) is 2.45. The van der Waals surface area contributed by atoms with Gasteiger partial charge in [-0.05, 0) is 0 Å². The van der Waals surface area contributed by atoms with Gasteiger partial charge in [0.05, 0.1) is 0 Å². The van der Waals surface area contributed by atoms with E-state index in [-0.39, 0.29) is 32.7 Å². The molecule has 0 heterocycles. The molecule has 0 aliphatic rings. The number of rotatable bonds is 0. The molecule has 1 rings (SSSR count). The molecule has 0 aliphatic carbocycles. The van der Waals surface area contributed by atoms with Crippen molar-refractivity contribution >= 4 is 0 Å². The van der Waals surface area contributed by atoms with Crippen LogP contribution in [-0.2, 0) is 32.7 Å². The van der Waals surface area contributed by atoms with Gasteiger partial charge in [0.1, 0.15) is 0 Å². The van der Waals surface area contributed by atoms with E-state index < -0.39 is 0 Å². The van der Waals surface area contributed by atoms with E-state index in [4.69, 9.17) is 0 Å². The molecule has 0 fully saturated rings. The second kappa shape index (κ2) is 4.25. The van der Waals surface area contributed by atoms with Crippen molar-refractivity contribution in [1.29, 1.82) is 0 Å². The monoisotopic (exact) mass is 208 g/mol. The van der Waals surface area contributed by atoms with E-state index in [2.05, 4.69) is 26.8 Å². The van der Waals surface area contributed by atoms with E-state index in [1.165, 1.54) is 16.7 Å². The maximum Gasteiger partial charge on any atom is 3.00 e. The van der Waals surface area contributed by atoms with Crippen LogP contribution in [0.15, 0.2) is 12.1 Å². The molecule has 0 unspecified atom stereocenters. The van der Waals surface area contributed by atoms with Gasteiger partial charge in [0, 0.05) is 0 Å². The Bertz CT molecular complexity index is 196. The number of hydrogen-bond acceptors (Lipinski definition) is 0. The number of aryl methyl sites for hydroxylation is 2. The van der Waals surface area contributed by atoms with Crippen molar-refractivity contribution in [1.82, 2.24) is 0 Å². The fourth-order valence-electron chi connectivity index (χ4n) is 0.819. The summed E-state index contributed by atoms with van der Waals surface area (Å²) in [6.45, 7) is 6.36. The van der Waals surface area contributed by atoms with Crippen LogP contribution in [0.25, 0.3) is 0 Å². The van der Waals surface area contributed by atoms with Gasteiger partial charge in [-0.25, -0.2) is 0 Å². The largest absolute Gasteiger partial charge is 3.00 e. The van der Waals surface area contributed by atoms with Crippen molar-refractivity contribution < 1.29 is 32.7 Å². The summed E-state index contributed by atoms with van der Waals surface area (Å²) in [6, 6.07) is 7.10. The van der Waals surface area contributed by atoms with Gasteiger partial charge in [0.25, 0.3) is 0 Å². The molecule has 0 aromatic heterocycles. The molecule has 0 saturated heterocycles. The predicted molar refractivity (Wildman–Crippen MR) is 39.5 cm³/mol. The van der Waals surface area contributed by atoms with Crippen LogP contribution in [0.4, 0.5) is 0 Å². The summed E-state index contributed by atoms with van der Waals surface area (Å²) in [5, 5.41) is 0. The van der Waals surface area contributed by atoms with Crippen LogP contribution in [0.2, 0.25) is 0 Å². The average molecular weight is 208 g/mol. The van der Waals surface area contributed by atoms with Gasteiger partial charge in [-0.3, -0.25) is 0 Å². The Hall–Kier alpha value is 0.324. The van der Waals surface area contributed by atoms with Gasteiger partial charge in [-0.2, -0.15) is 34.9 Å². The van der Waals surface area contributed by atoms with Crippen LogP contribution < -0.4 is 0 Å². The van der Waals surface area contributed by atoms with Gasteiger partial charge in [0.2, 0.25) is 0 Å². The second-order valence-corrected chi connectivity index (χ2v) is 2.45. The molecule has 1 heteroatoms. The fourth-order valence-corrected chi connectivity index (χ4v) is 0.819. The minimum Gasteiger partial charge on any atom is -0.183 e. The summed E-state index contributed by atoms with van der Waals surface area (Å²) in [4.78, 5) is 0. The number of benzene rings is 1. The van der Waals surface area contributed by atoms with E-state index in [9.17, 15) is 0 Å². The van der Waals surface area contributed by atoms with Crippen LogP contribution in [0, 0.1) is 26.8 Å². The van der Waals surface area contributed by atoms with E-state index >= 15 is 0 Å². The third kappa shape index (κ3) is 2.18. The molecular weight excluding hydrogens is 197 g/mol. The van der Waals surface area contributed by atoms with Gasteiger partial charge in [-0.1, -0.05) is 20.8 Å². The maximum absolute atomic E-state index is 3.07. The third-order valence-corrected chi connectivity index (χ3v) is 1.78. The smallest absolute Gasteiger partial charge is 0.183 e. The molecule has 0 spiro atoms. The van der Waals surface area contributed by atoms with E-state index in [0.29, 0.717) is 0 Å². The quantitative estimate of drug-likeness (QED) is 0.574. The normalized spacial score (nSPS) is 8.70. The van der Waals surface area contributed by atoms with Gasteiger partial charge in [0.15, 0.2) is 0 Å². The molecular formula is C9H11Y+2. The zero-order valence-electron chi connectivity index (χ0n) is 6.73. The summed E-state index contributed by atoms with van der Waals surface area (Å²) in [7, 11) is 0. The molecule has 48 valence electrons. The average Bonchev–Trinajstić information content (AvgIpc) is 1.83. The van der Waals surface area contributed by atoms with Crippen LogP contribution >= 0.6 is 0 Å². The fraction of sp³-hybridized carbons (Fsp3) is 0.333. The molecule has 0 saturated carbocycles. The first-order valence-electron chi connectivity index (χ1n) is 3.15. The summed E-state index contributed by atoms with van der Waals surface area (Å²) >= 11 is 0. The van der Waals surface area contributed by atoms with Crippen molar-refractivity contribution in [3.05, 3.63) is 34.9 Å².